The minimum atomic E-state index is -0.755. The first-order chi connectivity index (χ1) is 11.4. The average molecular weight is 347 g/mol. The van der Waals surface area contributed by atoms with Crippen molar-refractivity contribution in [3.63, 3.8) is 0 Å². The predicted molar refractivity (Wildman–Crippen MR) is 99.0 cm³/mol. The second-order valence-corrected chi connectivity index (χ2v) is 8.19. The molecule has 0 spiro atoms. The first kappa shape index (κ1) is 17.2. The number of fused-ring (bicyclic) bond motifs is 1. The number of H-pyrrole nitrogens is 1. The van der Waals surface area contributed by atoms with Crippen molar-refractivity contribution >= 4 is 27.6 Å². The van der Waals surface area contributed by atoms with E-state index in [4.69, 9.17) is 0 Å². The van der Waals surface area contributed by atoms with Crippen molar-refractivity contribution in [2.75, 3.05) is 44.7 Å². The van der Waals surface area contributed by atoms with Crippen molar-refractivity contribution in [1.82, 2.24) is 14.8 Å². The first-order valence-corrected chi connectivity index (χ1v) is 10.1. The molecule has 0 radical (unpaired) electrons. The van der Waals surface area contributed by atoms with E-state index in [1.165, 1.54) is 11.1 Å². The highest BCUT2D eigenvalue weighted by molar-refractivity contribution is 7.84. The smallest absolute Gasteiger partial charge is 0.270 e. The minimum Gasteiger partial charge on any atom is -0.351 e. The van der Waals surface area contributed by atoms with E-state index in [0.29, 0.717) is 11.4 Å². The van der Waals surface area contributed by atoms with Crippen LogP contribution in [0.5, 0.6) is 0 Å². The molecule has 0 aliphatic carbocycles. The van der Waals surface area contributed by atoms with Gasteiger partial charge in [0.05, 0.1) is 0 Å². The molecule has 1 aromatic carbocycles. The van der Waals surface area contributed by atoms with Gasteiger partial charge in [-0.3, -0.25) is 13.9 Å². The van der Waals surface area contributed by atoms with Gasteiger partial charge in [0.15, 0.2) is 0 Å². The maximum Gasteiger partial charge on any atom is 0.270 e. The Kier molecular flexibility index (Phi) is 5.06. The van der Waals surface area contributed by atoms with Crippen LogP contribution in [0.4, 0.5) is 0 Å². The third-order valence-electron chi connectivity index (χ3n) is 4.67. The first-order valence-electron chi connectivity index (χ1n) is 8.35. The summed E-state index contributed by atoms with van der Waals surface area (Å²) in [5.41, 5.74) is 4.09. The lowest BCUT2D eigenvalue weighted by molar-refractivity contribution is 0.0639. The molecule has 6 heteroatoms. The number of hydrogen-bond donors (Lipinski definition) is 1. The zero-order chi connectivity index (χ0) is 17.3. The van der Waals surface area contributed by atoms with Gasteiger partial charge in [0, 0.05) is 66.4 Å². The van der Waals surface area contributed by atoms with E-state index < -0.39 is 10.8 Å². The molecule has 2 aromatic rings. The fraction of sp³-hybridized carbons (Fsp3) is 0.500. The molecule has 1 aromatic heterocycles. The summed E-state index contributed by atoms with van der Waals surface area (Å²) in [5.74, 6) is 0.774. The van der Waals surface area contributed by atoms with Crippen LogP contribution in [0.2, 0.25) is 0 Å². The molecule has 1 N–H and O–H groups in total. The van der Waals surface area contributed by atoms with Gasteiger partial charge in [0.2, 0.25) is 0 Å². The molecule has 0 unspecified atom stereocenters. The number of nitrogens with one attached hydrogen (secondary N) is 1. The Bertz CT molecular complexity index is 776. The second kappa shape index (κ2) is 7.07. The monoisotopic (exact) mass is 347 g/mol. The summed E-state index contributed by atoms with van der Waals surface area (Å²) in [6, 6.07) is 6.20. The molecule has 24 heavy (non-hydrogen) atoms. The van der Waals surface area contributed by atoms with E-state index in [2.05, 4.69) is 35.9 Å². The van der Waals surface area contributed by atoms with Crippen molar-refractivity contribution < 1.29 is 9.00 Å². The van der Waals surface area contributed by atoms with Gasteiger partial charge < -0.3 is 9.88 Å². The number of hydrogen-bond acceptors (Lipinski definition) is 3. The van der Waals surface area contributed by atoms with Gasteiger partial charge in [-0.15, -0.1) is 0 Å². The van der Waals surface area contributed by atoms with Crippen LogP contribution in [-0.2, 0) is 10.8 Å². The molecular weight excluding hydrogens is 322 g/mol. The number of benzene rings is 1. The van der Waals surface area contributed by atoms with E-state index in [1.54, 1.807) is 6.26 Å². The van der Waals surface area contributed by atoms with Crippen molar-refractivity contribution in [3.8, 4) is 0 Å². The molecule has 130 valence electrons. The molecule has 2 heterocycles. The van der Waals surface area contributed by atoms with Crippen LogP contribution in [0.1, 0.15) is 21.6 Å². The van der Waals surface area contributed by atoms with Crippen LogP contribution >= 0.6 is 0 Å². The number of carbonyl (C=O) groups is 1. The van der Waals surface area contributed by atoms with Gasteiger partial charge in [0.1, 0.15) is 5.69 Å². The van der Waals surface area contributed by atoms with Crippen LogP contribution in [0.3, 0.4) is 0 Å². The molecular formula is C18H25N3O2S. The molecule has 1 saturated heterocycles. The topological polar surface area (TPSA) is 56.4 Å². The van der Waals surface area contributed by atoms with E-state index in [-0.39, 0.29) is 5.91 Å². The lowest BCUT2D eigenvalue weighted by Gasteiger charge is -2.34. The highest BCUT2D eigenvalue weighted by atomic mass is 32.2. The lowest BCUT2D eigenvalue weighted by atomic mass is 10.1. The maximum atomic E-state index is 12.8. The minimum absolute atomic E-state index is 0.0713. The number of amides is 1. The molecule has 0 bridgehead atoms. The third-order valence-corrected chi connectivity index (χ3v) is 5.43. The Balaban J connectivity index is 1.67. The molecule has 1 aliphatic rings. The van der Waals surface area contributed by atoms with Gasteiger partial charge in [-0.25, -0.2) is 0 Å². The molecule has 3 rings (SSSR count). The Labute approximate surface area is 145 Å². The largest absolute Gasteiger partial charge is 0.351 e. The number of rotatable bonds is 4. The summed E-state index contributed by atoms with van der Waals surface area (Å²) < 4.78 is 11.2. The number of aromatic nitrogens is 1. The van der Waals surface area contributed by atoms with Gasteiger partial charge in [-0.05, 0) is 37.1 Å². The lowest BCUT2D eigenvalue weighted by Crippen LogP contribution is -2.49. The molecule has 5 nitrogen and oxygen atoms in total. The van der Waals surface area contributed by atoms with E-state index >= 15 is 0 Å². The molecule has 1 aliphatic heterocycles. The van der Waals surface area contributed by atoms with Gasteiger partial charge >= 0.3 is 0 Å². The zero-order valence-electron chi connectivity index (χ0n) is 14.6. The number of piperazine rings is 1. The van der Waals surface area contributed by atoms with Crippen LogP contribution in [0.15, 0.2) is 18.2 Å². The Hall–Kier alpha value is -1.66. The Morgan fingerprint density at radius 2 is 1.88 bits per heavy atom. The summed E-state index contributed by atoms with van der Waals surface area (Å²) in [7, 11) is -0.755. The highest BCUT2D eigenvalue weighted by Gasteiger charge is 2.23. The van der Waals surface area contributed by atoms with Crippen molar-refractivity contribution in [3.05, 3.63) is 35.0 Å². The highest BCUT2D eigenvalue weighted by Crippen LogP contribution is 2.22. The number of aromatic amines is 1. The summed E-state index contributed by atoms with van der Waals surface area (Å²) in [5, 5.41) is 1.12. The van der Waals surface area contributed by atoms with Crippen molar-refractivity contribution in [2.45, 2.75) is 13.8 Å². The summed E-state index contributed by atoms with van der Waals surface area (Å²) in [6.07, 6.45) is 1.74. The quantitative estimate of drug-likeness (QED) is 0.919. The van der Waals surface area contributed by atoms with Crippen LogP contribution < -0.4 is 0 Å². The summed E-state index contributed by atoms with van der Waals surface area (Å²) in [4.78, 5) is 20.2. The van der Waals surface area contributed by atoms with Crippen molar-refractivity contribution in [1.29, 1.82) is 0 Å². The Morgan fingerprint density at radius 1 is 1.17 bits per heavy atom. The standard InChI is InChI=1S/C18H25N3O2S/c1-13-10-14(2)15-12-17(19-16(15)11-13)18(22)21-6-4-20(5-7-21)8-9-24(3)23/h10-12,19H,4-9H2,1-3H3/t24-/m0/s1. The maximum absolute atomic E-state index is 12.8. The normalized spacial score (nSPS) is 17.4. The fourth-order valence-electron chi connectivity index (χ4n) is 3.32. The predicted octanol–water partition coefficient (Wildman–Crippen LogP) is 1.92. The van der Waals surface area contributed by atoms with Crippen LogP contribution in [0.25, 0.3) is 10.9 Å². The van der Waals surface area contributed by atoms with Gasteiger partial charge in [-0.1, -0.05) is 6.07 Å². The summed E-state index contributed by atoms with van der Waals surface area (Å²) >= 11 is 0. The average Bonchev–Trinajstić information content (AvgIpc) is 2.97. The molecule has 1 atom stereocenters. The second-order valence-electron chi connectivity index (χ2n) is 6.64. The molecule has 1 amide bonds. The summed E-state index contributed by atoms with van der Waals surface area (Å²) in [6.45, 7) is 8.13. The van der Waals surface area contributed by atoms with Gasteiger partial charge in [0.25, 0.3) is 5.91 Å². The van der Waals surface area contributed by atoms with Crippen LogP contribution in [0, 0.1) is 13.8 Å². The van der Waals surface area contributed by atoms with Crippen molar-refractivity contribution in [2.24, 2.45) is 0 Å². The van der Waals surface area contributed by atoms with Crippen LogP contribution in [-0.4, -0.2) is 69.6 Å². The zero-order valence-corrected chi connectivity index (χ0v) is 15.4. The van der Waals surface area contributed by atoms with E-state index in [9.17, 15) is 9.00 Å². The van der Waals surface area contributed by atoms with E-state index in [0.717, 1.165) is 43.6 Å². The number of nitrogens with zero attached hydrogens (tertiary/aromatic N) is 2. The number of aryl methyl sites for hydroxylation is 2. The molecule has 1 fully saturated rings. The van der Waals surface area contributed by atoms with E-state index in [1.807, 2.05) is 11.0 Å². The van der Waals surface area contributed by atoms with Gasteiger partial charge in [-0.2, -0.15) is 0 Å². The SMILES string of the molecule is Cc1cc(C)c2cc(C(=O)N3CCN(CC[S@](C)=O)CC3)[nH]c2c1. The Morgan fingerprint density at radius 3 is 2.54 bits per heavy atom. The fourth-order valence-corrected chi connectivity index (χ4v) is 3.83. The molecule has 0 saturated carbocycles. The third kappa shape index (κ3) is 3.70. The number of carbonyl (C=O) groups excluding carboxylic acids is 1.